The van der Waals surface area contributed by atoms with E-state index < -0.39 is 0 Å². The first-order valence-corrected chi connectivity index (χ1v) is 8.87. The topological polar surface area (TPSA) is 58.9 Å². The van der Waals surface area contributed by atoms with Crippen LogP contribution in [0, 0.1) is 0 Å². The molecule has 22 heavy (non-hydrogen) atoms. The number of fused-ring (bicyclic) bond motifs is 1. The maximum atomic E-state index is 12.4. The molecule has 0 aromatic carbocycles. The van der Waals surface area contributed by atoms with E-state index in [2.05, 4.69) is 16.5 Å². The summed E-state index contributed by atoms with van der Waals surface area (Å²) in [6, 6.07) is 3.63. The molecule has 3 aromatic rings. The van der Waals surface area contributed by atoms with Gasteiger partial charge < -0.3 is 9.40 Å². The van der Waals surface area contributed by atoms with Gasteiger partial charge in [-0.25, -0.2) is 4.98 Å². The van der Waals surface area contributed by atoms with Crippen LogP contribution in [0.1, 0.15) is 18.0 Å². The molecule has 0 saturated carbocycles. The van der Waals surface area contributed by atoms with Crippen LogP contribution in [-0.4, -0.2) is 15.7 Å². The molecule has 0 aliphatic rings. The van der Waals surface area contributed by atoms with Crippen molar-refractivity contribution in [3.05, 3.63) is 51.6 Å². The van der Waals surface area contributed by atoms with Gasteiger partial charge in [0.1, 0.15) is 16.4 Å². The number of rotatable bonds is 5. The first kappa shape index (κ1) is 15.4. The fraction of sp³-hybridized carbons (Fsp3) is 0.200. The number of nitrogens with zero attached hydrogens (tertiary/aromatic N) is 1. The SMILES string of the molecule is C=C(Cl)CS[C@H](C)c1nc2scc(-c3ccco3)c2c(=O)[nH]1. The van der Waals surface area contributed by atoms with Gasteiger partial charge in [0.25, 0.3) is 5.56 Å². The van der Waals surface area contributed by atoms with E-state index in [1.807, 2.05) is 18.4 Å². The van der Waals surface area contributed by atoms with Gasteiger partial charge in [-0.15, -0.1) is 23.1 Å². The van der Waals surface area contributed by atoms with Gasteiger partial charge in [-0.1, -0.05) is 18.2 Å². The predicted molar refractivity (Wildman–Crippen MR) is 93.8 cm³/mol. The monoisotopic (exact) mass is 352 g/mol. The van der Waals surface area contributed by atoms with Gasteiger partial charge in [0.05, 0.1) is 16.9 Å². The third kappa shape index (κ3) is 2.99. The van der Waals surface area contributed by atoms with Crippen molar-refractivity contribution in [2.75, 3.05) is 5.75 Å². The molecular formula is C15H13ClN2O2S2. The fourth-order valence-corrected chi connectivity index (χ4v) is 3.89. The molecule has 0 saturated heterocycles. The van der Waals surface area contributed by atoms with Crippen LogP contribution in [0.4, 0.5) is 0 Å². The van der Waals surface area contributed by atoms with Crippen LogP contribution in [0.25, 0.3) is 21.5 Å². The van der Waals surface area contributed by atoms with Crippen LogP contribution in [0.2, 0.25) is 0 Å². The van der Waals surface area contributed by atoms with E-state index in [4.69, 9.17) is 16.0 Å². The lowest BCUT2D eigenvalue weighted by atomic mass is 10.2. The number of aromatic nitrogens is 2. The average molecular weight is 353 g/mol. The maximum Gasteiger partial charge on any atom is 0.260 e. The minimum Gasteiger partial charge on any atom is -0.464 e. The van der Waals surface area contributed by atoms with E-state index in [0.717, 1.165) is 5.56 Å². The summed E-state index contributed by atoms with van der Waals surface area (Å²) in [6.45, 7) is 5.65. The zero-order valence-electron chi connectivity index (χ0n) is 11.8. The lowest BCUT2D eigenvalue weighted by Crippen LogP contribution is -2.12. The molecule has 0 bridgehead atoms. The molecule has 1 N–H and O–H groups in total. The van der Waals surface area contributed by atoms with Crippen molar-refractivity contribution in [3.63, 3.8) is 0 Å². The summed E-state index contributed by atoms with van der Waals surface area (Å²) in [6.07, 6.45) is 1.59. The van der Waals surface area contributed by atoms with Crippen molar-refractivity contribution in [2.24, 2.45) is 0 Å². The smallest absolute Gasteiger partial charge is 0.260 e. The van der Waals surface area contributed by atoms with E-state index in [-0.39, 0.29) is 10.8 Å². The van der Waals surface area contributed by atoms with Crippen molar-refractivity contribution in [1.82, 2.24) is 9.97 Å². The van der Waals surface area contributed by atoms with Gasteiger partial charge in [0.2, 0.25) is 0 Å². The molecule has 3 aromatic heterocycles. The summed E-state index contributed by atoms with van der Waals surface area (Å²) in [5, 5.41) is 3.08. The number of nitrogens with one attached hydrogen (secondary N) is 1. The molecule has 3 heterocycles. The molecule has 114 valence electrons. The number of thioether (sulfide) groups is 1. The van der Waals surface area contributed by atoms with Gasteiger partial charge >= 0.3 is 0 Å². The number of H-pyrrole nitrogens is 1. The standard InChI is InChI=1S/C15H13ClN2O2S2/c1-8(16)6-21-9(2)13-17-14(19)12-10(7-22-15(12)18-13)11-4-3-5-20-11/h3-5,7,9H,1,6H2,2H3,(H,17,18,19)/t9-/m1/s1. The Morgan fingerprint density at radius 3 is 3.14 bits per heavy atom. The highest BCUT2D eigenvalue weighted by molar-refractivity contribution is 7.99. The zero-order valence-corrected chi connectivity index (χ0v) is 14.1. The largest absolute Gasteiger partial charge is 0.464 e. The van der Waals surface area contributed by atoms with Crippen LogP contribution < -0.4 is 5.56 Å². The number of halogens is 1. The van der Waals surface area contributed by atoms with Crippen molar-refractivity contribution < 1.29 is 4.42 Å². The van der Waals surface area contributed by atoms with E-state index in [1.54, 1.807) is 24.1 Å². The summed E-state index contributed by atoms with van der Waals surface area (Å²) in [4.78, 5) is 20.6. The van der Waals surface area contributed by atoms with Crippen molar-refractivity contribution in [2.45, 2.75) is 12.2 Å². The van der Waals surface area contributed by atoms with E-state index in [0.29, 0.717) is 32.6 Å². The quantitative estimate of drug-likeness (QED) is 0.717. The van der Waals surface area contributed by atoms with Gasteiger partial charge in [0, 0.05) is 21.7 Å². The third-order valence-corrected chi connectivity index (χ3v) is 5.53. The number of thiophene rings is 1. The second kappa shape index (κ2) is 6.32. The van der Waals surface area contributed by atoms with Crippen LogP contribution >= 0.6 is 34.7 Å². The summed E-state index contributed by atoms with van der Waals surface area (Å²) in [5.41, 5.74) is 0.629. The normalized spacial score (nSPS) is 12.6. The van der Waals surface area contributed by atoms with Gasteiger partial charge in [-0.2, -0.15) is 0 Å². The summed E-state index contributed by atoms with van der Waals surface area (Å²) >= 11 is 8.80. The Kier molecular flexibility index (Phi) is 4.42. The molecule has 4 nitrogen and oxygen atoms in total. The fourth-order valence-electron chi connectivity index (χ4n) is 2.07. The predicted octanol–water partition coefficient (Wildman–Crippen LogP) is 4.79. The molecule has 1 atom stereocenters. The average Bonchev–Trinajstić information content (AvgIpc) is 3.12. The number of aromatic amines is 1. The van der Waals surface area contributed by atoms with Crippen LogP contribution in [0.15, 0.2) is 44.6 Å². The van der Waals surface area contributed by atoms with Crippen LogP contribution in [0.5, 0.6) is 0 Å². The highest BCUT2D eigenvalue weighted by atomic mass is 35.5. The Morgan fingerprint density at radius 2 is 2.45 bits per heavy atom. The summed E-state index contributed by atoms with van der Waals surface area (Å²) < 4.78 is 5.38. The number of hydrogen-bond donors (Lipinski definition) is 1. The van der Waals surface area contributed by atoms with Crippen molar-refractivity contribution >= 4 is 44.9 Å². The van der Waals surface area contributed by atoms with Gasteiger partial charge in [0.15, 0.2) is 0 Å². The molecular weight excluding hydrogens is 340 g/mol. The Hall–Kier alpha value is -1.50. The molecule has 0 aliphatic heterocycles. The van der Waals surface area contributed by atoms with E-state index in [9.17, 15) is 4.79 Å². The Labute approximate surface area is 140 Å². The third-order valence-electron chi connectivity index (χ3n) is 3.12. The second-order valence-electron chi connectivity index (χ2n) is 4.73. The Bertz CT molecular complexity index is 867. The molecule has 0 unspecified atom stereocenters. The van der Waals surface area contributed by atoms with Crippen molar-refractivity contribution in [3.8, 4) is 11.3 Å². The number of hydrogen-bond acceptors (Lipinski definition) is 5. The molecule has 0 spiro atoms. The molecule has 0 amide bonds. The van der Waals surface area contributed by atoms with Crippen LogP contribution in [0.3, 0.4) is 0 Å². The minimum absolute atomic E-state index is 0.0294. The zero-order chi connectivity index (χ0) is 15.7. The molecule has 0 radical (unpaired) electrons. The van der Waals surface area contributed by atoms with Crippen LogP contribution in [-0.2, 0) is 0 Å². The molecule has 3 rings (SSSR count). The molecule has 7 heteroatoms. The Balaban J connectivity index is 2.00. The Morgan fingerprint density at radius 1 is 1.64 bits per heavy atom. The lowest BCUT2D eigenvalue weighted by Gasteiger charge is -2.09. The molecule has 0 fully saturated rings. The van der Waals surface area contributed by atoms with Crippen molar-refractivity contribution in [1.29, 1.82) is 0 Å². The maximum absolute atomic E-state index is 12.4. The minimum atomic E-state index is -0.148. The highest BCUT2D eigenvalue weighted by Gasteiger charge is 2.17. The van der Waals surface area contributed by atoms with Gasteiger partial charge in [-0.3, -0.25) is 4.79 Å². The van der Waals surface area contributed by atoms with E-state index in [1.165, 1.54) is 11.3 Å². The first-order chi connectivity index (χ1) is 10.6. The molecule has 0 aliphatic carbocycles. The van der Waals surface area contributed by atoms with Gasteiger partial charge in [-0.05, 0) is 19.1 Å². The first-order valence-electron chi connectivity index (χ1n) is 6.56. The number of furan rings is 1. The van der Waals surface area contributed by atoms with E-state index >= 15 is 0 Å². The lowest BCUT2D eigenvalue weighted by molar-refractivity contribution is 0.583. The summed E-state index contributed by atoms with van der Waals surface area (Å²) in [7, 11) is 0. The second-order valence-corrected chi connectivity index (χ2v) is 7.45. The highest BCUT2D eigenvalue weighted by Crippen LogP contribution is 2.33. The summed E-state index contributed by atoms with van der Waals surface area (Å²) in [5.74, 6) is 1.94.